The molecule has 1 aromatic heterocycles. The maximum Gasteiger partial charge on any atom is 0.268 e. The molecule has 0 aliphatic carbocycles. The molecule has 3 aromatic rings. The van der Waals surface area contributed by atoms with E-state index in [0.717, 1.165) is 24.2 Å². The summed E-state index contributed by atoms with van der Waals surface area (Å²) < 4.78 is 5.37. The zero-order valence-electron chi connectivity index (χ0n) is 19.7. The second-order valence-corrected chi connectivity index (χ2v) is 8.73. The smallest absolute Gasteiger partial charge is 0.268 e. The Morgan fingerprint density at radius 2 is 1.68 bits per heavy atom. The summed E-state index contributed by atoms with van der Waals surface area (Å²) >= 11 is 0. The van der Waals surface area contributed by atoms with Crippen LogP contribution in [0, 0.1) is 6.92 Å². The average Bonchev–Trinajstić information content (AvgIpc) is 3.38. The molecule has 176 valence electrons. The minimum absolute atomic E-state index is 0.123. The highest BCUT2D eigenvalue weighted by atomic mass is 16.3. The minimum atomic E-state index is -0.385. The van der Waals surface area contributed by atoms with Gasteiger partial charge in [0.25, 0.3) is 11.8 Å². The second-order valence-electron chi connectivity index (χ2n) is 8.73. The number of hydrogen-bond donors (Lipinski definition) is 2. The van der Waals surface area contributed by atoms with E-state index >= 15 is 0 Å². The number of carbonyl (C=O) groups is 2. The molecule has 6 nitrogen and oxygen atoms in total. The minimum Gasteiger partial charge on any atom is -0.465 e. The Hall–Kier alpha value is -3.80. The average molecular weight is 458 g/mol. The molecule has 0 spiro atoms. The lowest BCUT2D eigenvalue weighted by Crippen LogP contribution is -2.36. The number of rotatable bonds is 7. The Morgan fingerprint density at radius 1 is 0.971 bits per heavy atom. The summed E-state index contributed by atoms with van der Waals surface area (Å²) in [5, 5.41) is 5.74. The predicted molar refractivity (Wildman–Crippen MR) is 134 cm³/mol. The van der Waals surface area contributed by atoms with E-state index in [2.05, 4.69) is 39.8 Å². The molecule has 0 saturated carbocycles. The van der Waals surface area contributed by atoms with E-state index in [0.29, 0.717) is 11.3 Å². The van der Waals surface area contributed by atoms with Crippen LogP contribution in [0.4, 0.5) is 5.69 Å². The largest absolute Gasteiger partial charge is 0.465 e. The van der Waals surface area contributed by atoms with Gasteiger partial charge in [-0.15, -0.1) is 0 Å². The molecule has 6 heteroatoms. The number of carbonyl (C=O) groups excluding carboxylic acids is 2. The van der Waals surface area contributed by atoms with Gasteiger partial charge in [0.2, 0.25) is 0 Å². The van der Waals surface area contributed by atoms with Gasteiger partial charge in [-0.05, 0) is 75.1 Å². The Balaban J connectivity index is 1.46. The normalized spacial score (nSPS) is 15.0. The van der Waals surface area contributed by atoms with E-state index in [1.165, 1.54) is 37.3 Å². The van der Waals surface area contributed by atoms with Crippen molar-refractivity contribution in [3.63, 3.8) is 0 Å². The first kappa shape index (κ1) is 23.4. The van der Waals surface area contributed by atoms with Crippen LogP contribution < -0.4 is 15.5 Å². The molecule has 2 aromatic carbocycles. The summed E-state index contributed by atoms with van der Waals surface area (Å²) in [5.74, 6) is -0.260. The number of benzene rings is 2. The summed E-state index contributed by atoms with van der Waals surface area (Å²) in [6.07, 6.45) is 6.82. The van der Waals surface area contributed by atoms with Gasteiger partial charge in [-0.1, -0.05) is 29.8 Å². The zero-order valence-corrected chi connectivity index (χ0v) is 19.7. The molecule has 34 heavy (non-hydrogen) atoms. The van der Waals surface area contributed by atoms with Crippen molar-refractivity contribution in [1.82, 2.24) is 10.6 Å². The van der Waals surface area contributed by atoms with E-state index in [1.807, 2.05) is 26.0 Å². The maximum atomic E-state index is 13.1. The Labute approximate surface area is 200 Å². The first-order valence-corrected chi connectivity index (χ1v) is 11.8. The van der Waals surface area contributed by atoms with E-state index in [9.17, 15) is 9.59 Å². The van der Waals surface area contributed by atoms with Gasteiger partial charge < -0.3 is 20.0 Å². The van der Waals surface area contributed by atoms with Gasteiger partial charge in [-0.25, -0.2) is 0 Å². The fraction of sp³-hybridized carbons (Fsp3) is 0.286. The number of piperidine rings is 1. The first-order valence-electron chi connectivity index (χ1n) is 11.8. The van der Waals surface area contributed by atoms with E-state index in [1.54, 1.807) is 24.3 Å². The van der Waals surface area contributed by atoms with Crippen LogP contribution in [0.1, 0.15) is 59.5 Å². The number of furan rings is 1. The van der Waals surface area contributed by atoms with Crippen LogP contribution in [0.3, 0.4) is 0 Å². The highest BCUT2D eigenvalue weighted by Gasteiger charge is 2.18. The molecule has 1 aliphatic heterocycles. The third-order valence-corrected chi connectivity index (χ3v) is 6.10. The molecule has 1 atom stereocenters. The number of nitrogens with one attached hydrogen (secondary N) is 2. The monoisotopic (exact) mass is 457 g/mol. The third kappa shape index (κ3) is 5.95. The van der Waals surface area contributed by atoms with E-state index in [-0.39, 0.29) is 23.6 Å². The molecule has 1 aliphatic rings. The molecule has 0 bridgehead atoms. The van der Waals surface area contributed by atoms with Crippen molar-refractivity contribution in [2.24, 2.45) is 0 Å². The number of amides is 2. The molecular formula is C28H31N3O3. The molecule has 2 amide bonds. The molecule has 1 saturated heterocycles. The molecule has 2 heterocycles. The predicted octanol–water partition coefficient (Wildman–Crippen LogP) is 5.23. The SMILES string of the molecule is Cc1ccc(C(=O)N/C(=C\c2ccco2)C(=O)NC(C)c2ccc(N3CCCCC3)cc2)cc1. The van der Waals surface area contributed by atoms with Crippen LogP contribution in [0.15, 0.2) is 77.0 Å². The van der Waals surface area contributed by atoms with Crippen LogP contribution in [0.25, 0.3) is 6.08 Å². The maximum absolute atomic E-state index is 13.1. The number of aryl methyl sites for hydroxylation is 1. The van der Waals surface area contributed by atoms with Gasteiger partial charge in [-0.3, -0.25) is 9.59 Å². The third-order valence-electron chi connectivity index (χ3n) is 6.10. The summed E-state index contributed by atoms with van der Waals surface area (Å²) in [6, 6.07) is 18.7. The fourth-order valence-electron chi connectivity index (χ4n) is 4.06. The quantitative estimate of drug-likeness (QED) is 0.477. The summed E-state index contributed by atoms with van der Waals surface area (Å²) in [5.41, 5.74) is 3.87. The lowest BCUT2D eigenvalue weighted by molar-refractivity contribution is -0.118. The van der Waals surface area contributed by atoms with Crippen molar-refractivity contribution in [2.45, 2.75) is 39.2 Å². The van der Waals surface area contributed by atoms with E-state index in [4.69, 9.17) is 4.42 Å². The van der Waals surface area contributed by atoms with Crippen LogP contribution in [-0.4, -0.2) is 24.9 Å². The van der Waals surface area contributed by atoms with Gasteiger partial charge in [-0.2, -0.15) is 0 Å². The van der Waals surface area contributed by atoms with Gasteiger partial charge in [0.05, 0.1) is 12.3 Å². The highest BCUT2D eigenvalue weighted by Crippen LogP contribution is 2.22. The number of hydrogen-bond acceptors (Lipinski definition) is 4. The zero-order chi connectivity index (χ0) is 23.9. The summed E-state index contributed by atoms with van der Waals surface area (Å²) in [4.78, 5) is 28.3. The molecule has 1 fully saturated rings. The molecular weight excluding hydrogens is 426 g/mol. The van der Waals surface area contributed by atoms with Crippen molar-refractivity contribution in [1.29, 1.82) is 0 Å². The second kappa shape index (κ2) is 10.9. The van der Waals surface area contributed by atoms with Crippen LogP contribution >= 0.6 is 0 Å². The van der Waals surface area contributed by atoms with Crippen LogP contribution in [0.2, 0.25) is 0 Å². The summed E-state index contributed by atoms with van der Waals surface area (Å²) in [7, 11) is 0. The molecule has 4 rings (SSSR count). The standard InChI is InChI=1S/C28H31N3O3/c1-20-8-10-23(11-9-20)27(32)30-26(19-25-7-6-18-34-25)28(33)29-21(2)22-12-14-24(15-13-22)31-16-4-3-5-17-31/h6-15,18-19,21H,3-5,16-17H2,1-2H3,(H,29,33)(H,30,32)/b26-19-. The van der Waals surface area contributed by atoms with Gasteiger partial charge in [0.1, 0.15) is 11.5 Å². The molecule has 1 unspecified atom stereocenters. The topological polar surface area (TPSA) is 74.6 Å². The van der Waals surface area contributed by atoms with Gasteiger partial charge >= 0.3 is 0 Å². The number of anilines is 1. The highest BCUT2D eigenvalue weighted by molar-refractivity contribution is 6.05. The van der Waals surface area contributed by atoms with Crippen LogP contribution in [-0.2, 0) is 4.79 Å². The Morgan fingerprint density at radius 3 is 2.32 bits per heavy atom. The Kier molecular flexibility index (Phi) is 7.48. The summed E-state index contributed by atoms with van der Waals surface area (Å²) in [6.45, 7) is 6.07. The molecule has 0 radical (unpaired) electrons. The number of nitrogens with zero attached hydrogens (tertiary/aromatic N) is 1. The van der Waals surface area contributed by atoms with Crippen molar-refractivity contribution in [3.05, 3.63) is 95.1 Å². The van der Waals surface area contributed by atoms with Crippen LogP contribution in [0.5, 0.6) is 0 Å². The van der Waals surface area contributed by atoms with Crippen molar-refractivity contribution in [2.75, 3.05) is 18.0 Å². The first-order chi connectivity index (χ1) is 16.5. The van der Waals surface area contributed by atoms with Crippen molar-refractivity contribution in [3.8, 4) is 0 Å². The van der Waals surface area contributed by atoms with Gasteiger partial charge in [0.15, 0.2) is 0 Å². The fourth-order valence-corrected chi connectivity index (χ4v) is 4.06. The lowest BCUT2D eigenvalue weighted by Gasteiger charge is -2.29. The van der Waals surface area contributed by atoms with Crippen molar-refractivity contribution < 1.29 is 14.0 Å². The Bertz CT molecular complexity index is 1130. The molecule has 2 N–H and O–H groups in total. The van der Waals surface area contributed by atoms with Crippen molar-refractivity contribution >= 4 is 23.6 Å². The lowest BCUT2D eigenvalue weighted by atomic mass is 10.1. The van der Waals surface area contributed by atoms with E-state index < -0.39 is 0 Å². The van der Waals surface area contributed by atoms with Gasteiger partial charge in [0, 0.05) is 30.4 Å².